The predicted molar refractivity (Wildman–Crippen MR) is 129 cm³/mol. The number of pyridine rings is 1. The summed E-state index contributed by atoms with van der Waals surface area (Å²) in [5.41, 5.74) is 4.25. The number of nitrogens with zero attached hydrogens (tertiary/aromatic N) is 4. The Morgan fingerprint density at radius 3 is 2.47 bits per heavy atom. The van der Waals surface area contributed by atoms with Crippen molar-refractivity contribution in [3.63, 3.8) is 0 Å². The first-order chi connectivity index (χ1) is 15.8. The molecule has 1 aliphatic heterocycles. The molecule has 2 heterocycles. The van der Waals surface area contributed by atoms with E-state index < -0.39 is 0 Å². The summed E-state index contributed by atoms with van der Waals surface area (Å²) in [7, 11) is 0. The molecule has 0 atom stereocenters. The number of para-hydroxylation sites is 3. The molecule has 0 unspecified atom stereocenters. The van der Waals surface area contributed by atoms with Crippen LogP contribution in [-0.2, 0) is 6.54 Å². The maximum absolute atomic E-state index is 5.98. The first-order valence-electron chi connectivity index (χ1n) is 10.5. The van der Waals surface area contributed by atoms with Crippen LogP contribution in [0.1, 0.15) is 5.56 Å². The van der Waals surface area contributed by atoms with Gasteiger partial charge in [-0.3, -0.25) is 4.98 Å². The Morgan fingerprint density at radius 2 is 1.59 bits per heavy atom. The Balaban J connectivity index is 1.28. The zero-order valence-electron chi connectivity index (χ0n) is 17.5. The lowest BCUT2D eigenvalue weighted by molar-refractivity contribution is 0.483. The second-order valence-electron chi connectivity index (χ2n) is 7.38. The van der Waals surface area contributed by atoms with Gasteiger partial charge in [0.15, 0.2) is 0 Å². The molecule has 1 aliphatic rings. The highest BCUT2D eigenvalue weighted by molar-refractivity contribution is 5.85. The average Bonchev–Trinajstić information content (AvgIpc) is 3.35. The Morgan fingerprint density at radius 1 is 0.812 bits per heavy atom. The first-order valence-corrected chi connectivity index (χ1v) is 10.5. The third-order valence-electron chi connectivity index (χ3n) is 5.16. The van der Waals surface area contributed by atoms with Crippen LogP contribution < -0.4 is 20.0 Å². The van der Waals surface area contributed by atoms with Gasteiger partial charge in [-0.2, -0.15) is 5.10 Å². The molecule has 0 bridgehead atoms. The molecule has 0 fully saturated rings. The van der Waals surface area contributed by atoms with Crippen molar-refractivity contribution >= 4 is 23.4 Å². The van der Waals surface area contributed by atoms with Crippen molar-refractivity contribution in [2.75, 3.05) is 21.9 Å². The lowest BCUT2D eigenvalue weighted by atomic mass is 10.2. The number of hydrogen-bond donors (Lipinski definition) is 1. The van der Waals surface area contributed by atoms with Gasteiger partial charge < -0.3 is 15.0 Å². The maximum Gasteiger partial charge on any atom is 0.129 e. The van der Waals surface area contributed by atoms with Gasteiger partial charge in [-0.15, -0.1) is 0 Å². The molecule has 1 N–H and O–H groups in total. The highest BCUT2D eigenvalue weighted by Crippen LogP contribution is 2.31. The van der Waals surface area contributed by atoms with E-state index in [-0.39, 0.29) is 0 Å². The van der Waals surface area contributed by atoms with Crippen LogP contribution >= 0.6 is 0 Å². The molecule has 0 radical (unpaired) electrons. The van der Waals surface area contributed by atoms with Gasteiger partial charge in [0.25, 0.3) is 0 Å². The number of hydrogen-bond acceptors (Lipinski definition) is 6. The molecule has 158 valence electrons. The van der Waals surface area contributed by atoms with Gasteiger partial charge in [0.2, 0.25) is 0 Å². The molecule has 3 aromatic carbocycles. The normalized spacial score (nSPS) is 12.8. The van der Waals surface area contributed by atoms with Gasteiger partial charge in [-0.1, -0.05) is 36.4 Å². The van der Waals surface area contributed by atoms with E-state index in [1.165, 1.54) is 5.56 Å². The van der Waals surface area contributed by atoms with Gasteiger partial charge in [0.1, 0.15) is 24.5 Å². The average molecular weight is 422 g/mol. The van der Waals surface area contributed by atoms with E-state index in [9.17, 15) is 0 Å². The summed E-state index contributed by atoms with van der Waals surface area (Å²) in [4.78, 5) is 6.17. The van der Waals surface area contributed by atoms with Crippen LogP contribution in [0.25, 0.3) is 0 Å². The SMILES string of the molecule is C1=NN(c2ccccc2NCc2ccncc2)CN1c1cccc(Oc2ccccc2)c1. The van der Waals surface area contributed by atoms with Crippen LogP contribution in [0.5, 0.6) is 11.5 Å². The van der Waals surface area contributed by atoms with E-state index in [0.717, 1.165) is 35.1 Å². The smallest absolute Gasteiger partial charge is 0.129 e. The minimum Gasteiger partial charge on any atom is -0.457 e. The summed E-state index contributed by atoms with van der Waals surface area (Å²) in [5, 5.41) is 10.1. The van der Waals surface area contributed by atoms with Gasteiger partial charge in [-0.25, -0.2) is 5.01 Å². The number of anilines is 3. The third kappa shape index (κ3) is 4.54. The van der Waals surface area contributed by atoms with Crippen LogP contribution in [0, 0.1) is 0 Å². The minimum absolute atomic E-state index is 0.614. The van der Waals surface area contributed by atoms with Crippen LogP contribution in [0.4, 0.5) is 17.1 Å². The van der Waals surface area contributed by atoms with Crippen LogP contribution in [0.15, 0.2) is 108 Å². The van der Waals surface area contributed by atoms with E-state index in [1.807, 2.05) is 84.1 Å². The fourth-order valence-corrected chi connectivity index (χ4v) is 3.53. The monoisotopic (exact) mass is 421 g/mol. The highest BCUT2D eigenvalue weighted by Gasteiger charge is 2.19. The van der Waals surface area contributed by atoms with Crippen molar-refractivity contribution in [3.05, 3.63) is 109 Å². The summed E-state index contributed by atoms with van der Waals surface area (Å²) >= 11 is 0. The summed E-state index contributed by atoms with van der Waals surface area (Å²) in [6.45, 7) is 1.34. The van der Waals surface area contributed by atoms with E-state index in [4.69, 9.17) is 4.74 Å². The van der Waals surface area contributed by atoms with Crippen molar-refractivity contribution < 1.29 is 4.74 Å². The lowest BCUT2D eigenvalue weighted by Crippen LogP contribution is -2.26. The van der Waals surface area contributed by atoms with Crippen molar-refractivity contribution in [2.24, 2.45) is 5.10 Å². The molecule has 5 rings (SSSR count). The Bertz CT molecular complexity index is 1200. The molecule has 0 saturated heterocycles. The number of rotatable bonds is 7. The predicted octanol–water partition coefficient (Wildman–Crippen LogP) is 5.71. The molecular weight excluding hydrogens is 398 g/mol. The Kier molecular flexibility index (Phi) is 5.66. The fourth-order valence-electron chi connectivity index (χ4n) is 3.53. The highest BCUT2D eigenvalue weighted by atomic mass is 16.5. The molecule has 4 aromatic rings. The second kappa shape index (κ2) is 9.22. The molecule has 0 aliphatic carbocycles. The van der Waals surface area contributed by atoms with Gasteiger partial charge >= 0.3 is 0 Å². The largest absolute Gasteiger partial charge is 0.457 e. The number of nitrogens with one attached hydrogen (secondary N) is 1. The topological polar surface area (TPSA) is 53.0 Å². The molecular formula is C26H23N5O. The number of ether oxygens (including phenoxy) is 1. The molecule has 0 amide bonds. The molecule has 0 saturated carbocycles. The third-order valence-corrected chi connectivity index (χ3v) is 5.16. The van der Waals surface area contributed by atoms with Crippen LogP contribution in [0.2, 0.25) is 0 Å². The van der Waals surface area contributed by atoms with E-state index in [1.54, 1.807) is 12.4 Å². The zero-order chi connectivity index (χ0) is 21.6. The van der Waals surface area contributed by atoms with Crippen molar-refractivity contribution in [1.82, 2.24) is 4.98 Å². The Hall–Kier alpha value is -4.32. The summed E-state index contributed by atoms with van der Waals surface area (Å²) in [6.07, 6.45) is 5.46. The molecule has 1 aromatic heterocycles. The van der Waals surface area contributed by atoms with Crippen molar-refractivity contribution in [1.29, 1.82) is 0 Å². The summed E-state index contributed by atoms with van der Waals surface area (Å²) in [5.74, 6) is 1.61. The minimum atomic E-state index is 0.614. The van der Waals surface area contributed by atoms with Crippen LogP contribution in [0.3, 0.4) is 0 Å². The summed E-state index contributed by atoms with van der Waals surface area (Å²) in [6, 6.07) is 30.0. The zero-order valence-corrected chi connectivity index (χ0v) is 17.5. The van der Waals surface area contributed by atoms with Gasteiger partial charge in [0, 0.05) is 30.7 Å². The molecule has 32 heavy (non-hydrogen) atoms. The van der Waals surface area contributed by atoms with Gasteiger partial charge in [-0.05, 0) is 54.1 Å². The first kappa shape index (κ1) is 19.6. The summed E-state index contributed by atoms with van der Waals surface area (Å²) < 4.78 is 5.98. The number of aromatic nitrogens is 1. The van der Waals surface area contributed by atoms with E-state index in [0.29, 0.717) is 6.67 Å². The van der Waals surface area contributed by atoms with Crippen molar-refractivity contribution in [2.45, 2.75) is 6.54 Å². The fraction of sp³-hybridized carbons (Fsp3) is 0.0769. The molecule has 0 spiro atoms. The second-order valence-corrected chi connectivity index (χ2v) is 7.38. The molecule has 6 heteroatoms. The Labute approximate surface area is 187 Å². The van der Waals surface area contributed by atoms with Crippen molar-refractivity contribution in [3.8, 4) is 11.5 Å². The van der Waals surface area contributed by atoms with E-state index >= 15 is 0 Å². The van der Waals surface area contributed by atoms with Crippen LogP contribution in [-0.4, -0.2) is 18.0 Å². The molecule has 6 nitrogen and oxygen atoms in total. The quantitative estimate of drug-likeness (QED) is 0.414. The number of hydrazone groups is 1. The van der Waals surface area contributed by atoms with E-state index in [2.05, 4.69) is 38.5 Å². The van der Waals surface area contributed by atoms with Gasteiger partial charge in [0.05, 0.1) is 11.4 Å². The standard InChI is InChI=1S/C26H23N5O/c1-2-8-23(9-3-1)32-24-10-6-7-22(17-24)30-19-29-31(20-30)26-12-5-4-11-25(26)28-18-21-13-15-27-16-14-21/h1-17,19,28H,18,20H2. The maximum atomic E-state index is 5.98. The lowest BCUT2D eigenvalue weighted by Gasteiger charge is -2.22. The number of benzene rings is 3.